The summed E-state index contributed by atoms with van der Waals surface area (Å²) in [5.74, 6) is 0. The van der Waals surface area contributed by atoms with Crippen LogP contribution in [0.2, 0.25) is 5.02 Å². The Balaban J connectivity index is 2.10. The third-order valence-corrected chi connectivity index (χ3v) is 2.90. The van der Waals surface area contributed by atoms with E-state index in [9.17, 15) is 0 Å². The second-order valence-electron chi connectivity index (χ2n) is 3.97. The van der Waals surface area contributed by atoms with Gasteiger partial charge in [0.25, 0.3) is 0 Å². The molecule has 0 bridgehead atoms. The van der Waals surface area contributed by atoms with E-state index < -0.39 is 0 Å². The molecule has 16 heavy (non-hydrogen) atoms. The second-order valence-corrected chi connectivity index (χ2v) is 4.38. The van der Waals surface area contributed by atoms with Gasteiger partial charge in [-0.1, -0.05) is 23.7 Å². The van der Waals surface area contributed by atoms with Gasteiger partial charge >= 0.3 is 0 Å². The largest absolute Gasteiger partial charge is 0.379 e. The third kappa shape index (κ3) is 2.39. The summed E-state index contributed by atoms with van der Waals surface area (Å²) in [6.07, 6.45) is 4.13. The number of benzene rings is 1. The highest BCUT2D eigenvalue weighted by Crippen LogP contribution is 2.25. The van der Waals surface area contributed by atoms with Crippen molar-refractivity contribution in [2.24, 2.45) is 7.05 Å². The Kier molecular flexibility index (Phi) is 3.20. The standard InChI is InChI=1S/C13H15ClN2/c1-10-4-3-5-12(14)13(10)15-8-11-6-7-16(2)9-11/h3-7,9,15H,8H2,1-2H3. The van der Waals surface area contributed by atoms with E-state index in [1.165, 1.54) is 11.1 Å². The van der Waals surface area contributed by atoms with Crippen LogP contribution in [0.3, 0.4) is 0 Å². The van der Waals surface area contributed by atoms with Crippen molar-refractivity contribution in [3.8, 4) is 0 Å². The summed E-state index contributed by atoms with van der Waals surface area (Å²) in [6, 6.07) is 8.02. The van der Waals surface area contributed by atoms with Gasteiger partial charge in [0.05, 0.1) is 10.7 Å². The minimum atomic E-state index is 0.774. The van der Waals surface area contributed by atoms with Crippen LogP contribution in [-0.4, -0.2) is 4.57 Å². The van der Waals surface area contributed by atoms with Crippen molar-refractivity contribution in [2.75, 3.05) is 5.32 Å². The number of hydrogen-bond donors (Lipinski definition) is 1. The smallest absolute Gasteiger partial charge is 0.0640 e. The molecule has 0 atom stereocenters. The molecular weight excluding hydrogens is 220 g/mol. The van der Waals surface area contributed by atoms with Gasteiger partial charge in [0, 0.05) is 26.0 Å². The molecule has 0 amide bonds. The van der Waals surface area contributed by atoms with Crippen molar-refractivity contribution in [3.63, 3.8) is 0 Å². The molecule has 3 heteroatoms. The second kappa shape index (κ2) is 4.62. The molecule has 0 saturated heterocycles. The van der Waals surface area contributed by atoms with Crippen molar-refractivity contribution in [2.45, 2.75) is 13.5 Å². The first-order valence-electron chi connectivity index (χ1n) is 5.26. The lowest BCUT2D eigenvalue weighted by atomic mass is 10.2. The van der Waals surface area contributed by atoms with Crippen molar-refractivity contribution >= 4 is 17.3 Å². The molecule has 0 unspecified atom stereocenters. The molecule has 0 aliphatic heterocycles. The van der Waals surface area contributed by atoms with Gasteiger partial charge in [-0.25, -0.2) is 0 Å². The Morgan fingerprint density at radius 2 is 2.12 bits per heavy atom. The maximum Gasteiger partial charge on any atom is 0.0640 e. The Hall–Kier alpha value is -1.41. The Morgan fingerprint density at radius 3 is 2.75 bits per heavy atom. The quantitative estimate of drug-likeness (QED) is 0.859. The molecule has 1 heterocycles. The first-order chi connectivity index (χ1) is 7.66. The summed E-state index contributed by atoms with van der Waals surface area (Å²) in [5.41, 5.74) is 3.44. The summed E-state index contributed by atoms with van der Waals surface area (Å²) in [6.45, 7) is 2.85. The van der Waals surface area contributed by atoms with Gasteiger partial charge in [-0.15, -0.1) is 0 Å². The zero-order valence-corrected chi connectivity index (χ0v) is 10.3. The average Bonchev–Trinajstić information content (AvgIpc) is 2.63. The topological polar surface area (TPSA) is 17.0 Å². The summed E-state index contributed by atoms with van der Waals surface area (Å²) >= 11 is 6.13. The van der Waals surface area contributed by atoms with Gasteiger partial charge < -0.3 is 9.88 Å². The van der Waals surface area contributed by atoms with Gasteiger partial charge in [-0.05, 0) is 30.2 Å². The van der Waals surface area contributed by atoms with E-state index in [2.05, 4.69) is 30.6 Å². The summed E-state index contributed by atoms with van der Waals surface area (Å²) in [7, 11) is 2.02. The number of anilines is 1. The molecule has 1 aromatic heterocycles. The van der Waals surface area contributed by atoms with Crippen molar-refractivity contribution in [1.82, 2.24) is 4.57 Å². The van der Waals surface area contributed by atoms with Gasteiger partial charge in [-0.2, -0.15) is 0 Å². The highest BCUT2D eigenvalue weighted by molar-refractivity contribution is 6.33. The van der Waals surface area contributed by atoms with E-state index in [4.69, 9.17) is 11.6 Å². The highest BCUT2D eigenvalue weighted by Gasteiger charge is 2.03. The van der Waals surface area contributed by atoms with Crippen molar-refractivity contribution in [1.29, 1.82) is 0 Å². The van der Waals surface area contributed by atoms with Crippen molar-refractivity contribution in [3.05, 3.63) is 52.8 Å². The number of nitrogens with one attached hydrogen (secondary N) is 1. The van der Waals surface area contributed by atoms with Gasteiger partial charge in [0.1, 0.15) is 0 Å². The van der Waals surface area contributed by atoms with Crippen LogP contribution in [0.25, 0.3) is 0 Å². The SMILES string of the molecule is Cc1cccc(Cl)c1NCc1ccn(C)c1. The number of hydrogen-bond acceptors (Lipinski definition) is 1. The van der Waals surface area contributed by atoms with E-state index in [0.29, 0.717) is 0 Å². The molecule has 1 N–H and O–H groups in total. The molecule has 84 valence electrons. The van der Waals surface area contributed by atoms with E-state index in [1.54, 1.807) is 0 Å². The van der Waals surface area contributed by atoms with Crippen LogP contribution < -0.4 is 5.32 Å². The normalized spacial score (nSPS) is 10.4. The zero-order chi connectivity index (χ0) is 11.5. The average molecular weight is 235 g/mol. The fraction of sp³-hybridized carbons (Fsp3) is 0.231. The molecular formula is C13H15ClN2. The molecule has 0 fully saturated rings. The highest BCUT2D eigenvalue weighted by atomic mass is 35.5. The lowest BCUT2D eigenvalue weighted by Crippen LogP contribution is -2.00. The summed E-state index contributed by atoms with van der Waals surface area (Å²) in [4.78, 5) is 0. The number of aryl methyl sites for hydroxylation is 2. The van der Waals surface area contributed by atoms with Crippen LogP contribution in [0.5, 0.6) is 0 Å². The molecule has 0 aliphatic carbocycles. The molecule has 0 radical (unpaired) electrons. The molecule has 2 nitrogen and oxygen atoms in total. The monoisotopic (exact) mass is 234 g/mol. The Bertz CT molecular complexity index is 468. The molecule has 2 rings (SSSR count). The predicted molar refractivity (Wildman–Crippen MR) is 68.9 cm³/mol. The molecule has 0 aliphatic rings. The Morgan fingerprint density at radius 1 is 1.31 bits per heavy atom. The zero-order valence-electron chi connectivity index (χ0n) is 9.50. The third-order valence-electron chi connectivity index (χ3n) is 2.58. The van der Waals surface area contributed by atoms with E-state index in [0.717, 1.165) is 17.3 Å². The molecule has 0 saturated carbocycles. The minimum Gasteiger partial charge on any atom is -0.379 e. The fourth-order valence-corrected chi connectivity index (χ4v) is 2.00. The van der Waals surface area contributed by atoms with Gasteiger partial charge in [0.15, 0.2) is 0 Å². The van der Waals surface area contributed by atoms with Crippen LogP contribution in [-0.2, 0) is 13.6 Å². The molecule has 2 aromatic rings. The fourth-order valence-electron chi connectivity index (χ4n) is 1.71. The van der Waals surface area contributed by atoms with Crippen LogP contribution in [0.1, 0.15) is 11.1 Å². The van der Waals surface area contributed by atoms with Crippen LogP contribution >= 0.6 is 11.6 Å². The van der Waals surface area contributed by atoms with Crippen LogP contribution in [0.4, 0.5) is 5.69 Å². The molecule has 0 spiro atoms. The lowest BCUT2D eigenvalue weighted by Gasteiger charge is -2.10. The summed E-state index contributed by atoms with van der Waals surface area (Å²) in [5, 5.41) is 4.14. The maximum absolute atomic E-state index is 6.13. The predicted octanol–water partition coefficient (Wildman–Crippen LogP) is 3.60. The lowest BCUT2D eigenvalue weighted by molar-refractivity contribution is 0.920. The van der Waals surface area contributed by atoms with Gasteiger partial charge in [-0.3, -0.25) is 0 Å². The van der Waals surface area contributed by atoms with E-state index >= 15 is 0 Å². The molecule has 1 aromatic carbocycles. The Labute approximate surface area is 101 Å². The number of halogens is 1. The van der Waals surface area contributed by atoms with E-state index in [-0.39, 0.29) is 0 Å². The van der Waals surface area contributed by atoms with Crippen LogP contribution in [0.15, 0.2) is 36.7 Å². The first kappa shape index (κ1) is 11.1. The number of nitrogens with zero attached hydrogens (tertiary/aromatic N) is 1. The summed E-state index contributed by atoms with van der Waals surface area (Å²) < 4.78 is 2.04. The maximum atomic E-state index is 6.13. The number of rotatable bonds is 3. The van der Waals surface area contributed by atoms with Crippen LogP contribution in [0, 0.1) is 6.92 Å². The first-order valence-corrected chi connectivity index (χ1v) is 5.64. The van der Waals surface area contributed by atoms with Gasteiger partial charge in [0.2, 0.25) is 0 Å². The number of para-hydroxylation sites is 1. The van der Waals surface area contributed by atoms with Crippen molar-refractivity contribution < 1.29 is 0 Å². The minimum absolute atomic E-state index is 0.774. The van der Waals surface area contributed by atoms with E-state index in [1.807, 2.05) is 29.9 Å². The number of aromatic nitrogens is 1.